The van der Waals surface area contributed by atoms with Crippen molar-refractivity contribution in [3.05, 3.63) is 29.3 Å². The fourth-order valence-corrected chi connectivity index (χ4v) is 2.32. The van der Waals surface area contributed by atoms with Gasteiger partial charge < -0.3 is 4.74 Å². The third-order valence-corrected chi connectivity index (χ3v) is 3.62. The van der Waals surface area contributed by atoms with Crippen molar-refractivity contribution in [1.29, 1.82) is 0 Å². The topological polar surface area (TPSA) is 47.3 Å². The van der Waals surface area contributed by atoms with E-state index in [-0.39, 0.29) is 6.04 Å². The first-order valence-corrected chi connectivity index (χ1v) is 7.98. The van der Waals surface area contributed by atoms with Crippen molar-refractivity contribution in [3.8, 4) is 5.75 Å². The number of benzene rings is 1. The molecule has 20 heavy (non-hydrogen) atoms. The average Bonchev–Trinajstić information content (AvgIpc) is 2.46. The highest BCUT2D eigenvalue weighted by atomic mass is 35.5. The van der Waals surface area contributed by atoms with Crippen LogP contribution in [0.5, 0.6) is 5.75 Å². The van der Waals surface area contributed by atoms with Crippen LogP contribution in [0.3, 0.4) is 0 Å². The number of hydrogen-bond donors (Lipinski definition) is 2. The van der Waals surface area contributed by atoms with E-state index in [2.05, 4.69) is 12.3 Å². The lowest BCUT2D eigenvalue weighted by Gasteiger charge is -2.16. The van der Waals surface area contributed by atoms with Gasteiger partial charge >= 0.3 is 0 Å². The molecular formula is C16H27ClN2O. The third-order valence-electron chi connectivity index (χ3n) is 3.39. The zero-order valence-corrected chi connectivity index (χ0v) is 13.2. The maximum Gasteiger partial charge on any atom is 0.120 e. The van der Waals surface area contributed by atoms with Gasteiger partial charge in [-0.15, -0.1) is 0 Å². The second-order valence-corrected chi connectivity index (χ2v) is 5.62. The van der Waals surface area contributed by atoms with E-state index < -0.39 is 0 Å². The van der Waals surface area contributed by atoms with E-state index in [1.54, 1.807) is 0 Å². The number of halogens is 1. The highest BCUT2D eigenvalue weighted by molar-refractivity contribution is 6.30. The van der Waals surface area contributed by atoms with E-state index >= 15 is 0 Å². The van der Waals surface area contributed by atoms with Gasteiger partial charge in [0.2, 0.25) is 0 Å². The van der Waals surface area contributed by atoms with Gasteiger partial charge in [-0.2, -0.15) is 0 Å². The number of ether oxygens (including phenoxy) is 1. The molecule has 0 radical (unpaired) electrons. The van der Waals surface area contributed by atoms with Crippen molar-refractivity contribution < 1.29 is 4.74 Å². The van der Waals surface area contributed by atoms with Crippen LogP contribution in [0.25, 0.3) is 0 Å². The molecule has 0 aliphatic heterocycles. The van der Waals surface area contributed by atoms with Gasteiger partial charge in [0, 0.05) is 5.02 Å². The molecule has 0 aromatic heterocycles. The van der Waals surface area contributed by atoms with Gasteiger partial charge in [0.1, 0.15) is 12.4 Å². The second kappa shape index (κ2) is 11.0. The molecule has 0 spiro atoms. The van der Waals surface area contributed by atoms with E-state index in [0.29, 0.717) is 11.6 Å². The van der Waals surface area contributed by atoms with Crippen LogP contribution >= 0.6 is 11.6 Å². The van der Waals surface area contributed by atoms with Crippen molar-refractivity contribution in [2.24, 2.45) is 5.84 Å². The smallest absolute Gasteiger partial charge is 0.120 e. The van der Waals surface area contributed by atoms with Crippen LogP contribution in [-0.2, 0) is 0 Å². The van der Waals surface area contributed by atoms with Crippen LogP contribution in [-0.4, -0.2) is 12.6 Å². The maximum atomic E-state index is 5.92. The van der Waals surface area contributed by atoms with Gasteiger partial charge in [-0.1, -0.05) is 63.1 Å². The first-order chi connectivity index (χ1) is 9.76. The zero-order chi connectivity index (χ0) is 14.6. The number of hydrogen-bond acceptors (Lipinski definition) is 3. The van der Waals surface area contributed by atoms with Gasteiger partial charge in [-0.3, -0.25) is 11.3 Å². The minimum Gasteiger partial charge on any atom is -0.492 e. The molecule has 0 fully saturated rings. The molecule has 0 aliphatic rings. The SMILES string of the molecule is CCCCCCCCC(COc1cccc(Cl)c1)NN. The Morgan fingerprint density at radius 2 is 1.95 bits per heavy atom. The summed E-state index contributed by atoms with van der Waals surface area (Å²) in [5.41, 5.74) is 2.83. The molecule has 0 aliphatic carbocycles. The summed E-state index contributed by atoms with van der Waals surface area (Å²) in [7, 11) is 0. The van der Waals surface area contributed by atoms with E-state index in [9.17, 15) is 0 Å². The monoisotopic (exact) mass is 298 g/mol. The normalized spacial score (nSPS) is 12.3. The molecule has 1 atom stereocenters. The Balaban J connectivity index is 2.16. The van der Waals surface area contributed by atoms with Crippen molar-refractivity contribution in [3.63, 3.8) is 0 Å². The van der Waals surface area contributed by atoms with Gasteiger partial charge in [0.15, 0.2) is 0 Å². The van der Waals surface area contributed by atoms with Crippen molar-refractivity contribution >= 4 is 11.6 Å². The molecule has 4 heteroatoms. The van der Waals surface area contributed by atoms with Crippen LogP contribution in [0.2, 0.25) is 5.02 Å². The predicted octanol–water partition coefficient (Wildman–Crippen LogP) is 4.30. The fourth-order valence-electron chi connectivity index (χ4n) is 2.14. The van der Waals surface area contributed by atoms with Crippen molar-refractivity contribution in [1.82, 2.24) is 5.43 Å². The van der Waals surface area contributed by atoms with Gasteiger partial charge in [-0.25, -0.2) is 0 Å². The number of nitrogens with one attached hydrogen (secondary N) is 1. The third kappa shape index (κ3) is 7.73. The van der Waals surface area contributed by atoms with Crippen molar-refractivity contribution in [2.75, 3.05) is 6.61 Å². The average molecular weight is 299 g/mol. The molecular weight excluding hydrogens is 272 g/mol. The Hall–Kier alpha value is -0.770. The zero-order valence-electron chi connectivity index (χ0n) is 12.4. The summed E-state index contributed by atoms with van der Waals surface area (Å²) >= 11 is 5.92. The lowest BCUT2D eigenvalue weighted by molar-refractivity contribution is 0.254. The first kappa shape index (κ1) is 17.3. The minimum atomic E-state index is 0.195. The Kier molecular flexibility index (Phi) is 9.46. The predicted molar refractivity (Wildman–Crippen MR) is 86.1 cm³/mol. The first-order valence-electron chi connectivity index (χ1n) is 7.60. The summed E-state index contributed by atoms with van der Waals surface area (Å²) in [5.74, 6) is 6.37. The summed E-state index contributed by atoms with van der Waals surface area (Å²) in [6.07, 6.45) is 8.81. The Bertz CT molecular complexity index is 360. The van der Waals surface area contributed by atoms with Crippen LogP contribution < -0.4 is 16.0 Å². The highest BCUT2D eigenvalue weighted by Crippen LogP contribution is 2.17. The largest absolute Gasteiger partial charge is 0.492 e. The molecule has 1 aromatic rings. The number of nitrogens with two attached hydrogens (primary N) is 1. The fraction of sp³-hybridized carbons (Fsp3) is 0.625. The summed E-state index contributed by atoms with van der Waals surface area (Å²) in [5, 5.41) is 0.690. The van der Waals surface area contributed by atoms with Crippen LogP contribution in [0, 0.1) is 0 Å². The van der Waals surface area contributed by atoms with Gasteiger partial charge in [-0.05, 0) is 24.6 Å². The molecule has 3 nitrogen and oxygen atoms in total. The van der Waals surface area contributed by atoms with Crippen LogP contribution in [0.4, 0.5) is 0 Å². The summed E-state index contributed by atoms with van der Waals surface area (Å²) in [6, 6.07) is 7.64. The number of unbranched alkanes of at least 4 members (excludes halogenated alkanes) is 5. The molecule has 0 heterocycles. The number of hydrazine groups is 1. The second-order valence-electron chi connectivity index (χ2n) is 5.19. The molecule has 1 aromatic carbocycles. The Morgan fingerprint density at radius 3 is 2.65 bits per heavy atom. The molecule has 0 amide bonds. The Morgan fingerprint density at radius 1 is 1.20 bits per heavy atom. The molecule has 114 valence electrons. The molecule has 3 N–H and O–H groups in total. The lowest BCUT2D eigenvalue weighted by Crippen LogP contribution is -2.39. The van der Waals surface area contributed by atoms with E-state index in [1.807, 2.05) is 24.3 Å². The van der Waals surface area contributed by atoms with Crippen LogP contribution in [0.15, 0.2) is 24.3 Å². The Labute approximate surface area is 127 Å². The summed E-state index contributed by atoms with van der Waals surface area (Å²) in [6.45, 7) is 2.81. The molecule has 0 saturated heterocycles. The van der Waals surface area contributed by atoms with Crippen LogP contribution in [0.1, 0.15) is 51.9 Å². The lowest BCUT2D eigenvalue weighted by atomic mass is 10.1. The van der Waals surface area contributed by atoms with E-state index in [1.165, 1.54) is 38.5 Å². The summed E-state index contributed by atoms with van der Waals surface area (Å²) < 4.78 is 5.71. The standard InChI is InChI=1S/C16H27ClN2O/c1-2-3-4-5-6-7-10-15(19-18)13-20-16-11-8-9-14(17)12-16/h8-9,11-12,15,19H,2-7,10,13,18H2,1H3. The maximum absolute atomic E-state index is 5.92. The number of rotatable bonds is 11. The minimum absolute atomic E-state index is 0.195. The van der Waals surface area contributed by atoms with Gasteiger partial charge in [0.05, 0.1) is 6.04 Å². The quantitative estimate of drug-likeness (QED) is 0.364. The van der Waals surface area contributed by atoms with Crippen molar-refractivity contribution in [2.45, 2.75) is 57.9 Å². The molecule has 0 bridgehead atoms. The molecule has 1 unspecified atom stereocenters. The molecule has 0 saturated carbocycles. The van der Waals surface area contributed by atoms with Gasteiger partial charge in [0.25, 0.3) is 0 Å². The molecule has 1 rings (SSSR count). The van der Waals surface area contributed by atoms with E-state index in [0.717, 1.165) is 12.2 Å². The summed E-state index contributed by atoms with van der Waals surface area (Å²) in [4.78, 5) is 0. The van der Waals surface area contributed by atoms with E-state index in [4.69, 9.17) is 22.2 Å². The highest BCUT2D eigenvalue weighted by Gasteiger charge is 2.07.